The lowest BCUT2D eigenvalue weighted by atomic mass is 10.1. The molecule has 2 heterocycles. The molecular formula is C18H20N6O6. The van der Waals surface area contributed by atoms with Gasteiger partial charge >= 0.3 is 0 Å². The van der Waals surface area contributed by atoms with Gasteiger partial charge in [-0.2, -0.15) is 0 Å². The van der Waals surface area contributed by atoms with Gasteiger partial charge in [-0.3, -0.25) is 10.6 Å². The number of nitrogens with zero attached hydrogens (tertiary/aromatic N) is 2. The first kappa shape index (κ1) is 23.6. The first-order valence-electron chi connectivity index (χ1n) is 8.49. The van der Waals surface area contributed by atoms with Crippen molar-refractivity contribution in [1.82, 2.24) is 0 Å². The molecule has 12 nitrogen and oxygen atoms in total. The normalized spacial score (nSPS) is 9.07. The lowest BCUT2D eigenvalue weighted by Gasteiger charge is -2.03. The van der Waals surface area contributed by atoms with Gasteiger partial charge in [-0.15, -0.1) is 0 Å². The van der Waals surface area contributed by atoms with Gasteiger partial charge in [0.15, 0.2) is 0 Å². The topological polar surface area (TPSA) is 185 Å². The van der Waals surface area contributed by atoms with Crippen LogP contribution >= 0.6 is 0 Å². The Bertz CT molecular complexity index is 798. The fourth-order valence-corrected chi connectivity index (χ4v) is 2.18. The van der Waals surface area contributed by atoms with E-state index in [1.165, 1.54) is 11.1 Å². The summed E-state index contributed by atoms with van der Waals surface area (Å²) in [7, 11) is 0. The number of H-pyrrole nitrogens is 2. The summed E-state index contributed by atoms with van der Waals surface area (Å²) in [6, 6.07) is 20.6. The second kappa shape index (κ2) is 13.7. The lowest BCUT2D eigenvalue weighted by Crippen LogP contribution is -2.12. The number of aromatic nitrogens is 2. The third-order valence-electron chi connectivity index (χ3n) is 3.41. The van der Waals surface area contributed by atoms with E-state index >= 15 is 0 Å². The van der Waals surface area contributed by atoms with Crippen LogP contribution in [0.25, 0.3) is 0 Å². The summed E-state index contributed by atoms with van der Waals surface area (Å²) in [5, 5.41) is 36.2. The molecule has 30 heavy (non-hydrogen) atoms. The highest BCUT2D eigenvalue weighted by Gasteiger charge is 2.02. The summed E-state index contributed by atoms with van der Waals surface area (Å²) in [5.74, 6) is 2.04. The molecule has 4 N–H and O–H groups in total. The number of pyridine rings is 2. The van der Waals surface area contributed by atoms with Gasteiger partial charge in [0.05, 0.1) is 22.6 Å². The van der Waals surface area contributed by atoms with Crippen molar-refractivity contribution < 1.29 is 20.1 Å². The molecule has 0 saturated heterocycles. The Morgan fingerprint density at radius 2 is 0.967 bits per heavy atom. The highest BCUT2D eigenvalue weighted by molar-refractivity contribution is 5.33. The van der Waals surface area contributed by atoms with Crippen LogP contribution in [0.1, 0.15) is 11.1 Å². The summed E-state index contributed by atoms with van der Waals surface area (Å²) >= 11 is 0. The molecule has 0 fully saturated rings. The van der Waals surface area contributed by atoms with Gasteiger partial charge in [0.25, 0.3) is 11.6 Å². The minimum Gasteiger partial charge on any atom is -0.356 e. The van der Waals surface area contributed by atoms with Gasteiger partial charge < -0.3 is 30.6 Å². The SMILES string of the molecule is O=[N+]([O-])[O-].O=[N+]([O-])[O-].c1ccc(NCc2ccc(CNc3cccc[nH+]3)cc2)[nH+]c1. The summed E-state index contributed by atoms with van der Waals surface area (Å²) in [5.41, 5.74) is 2.51. The van der Waals surface area contributed by atoms with Gasteiger partial charge in [0.2, 0.25) is 0 Å². The van der Waals surface area contributed by atoms with Crippen LogP contribution in [-0.4, -0.2) is 10.2 Å². The Hall–Kier alpha value is -4.48. The maximum absolute atomic E-state index is 8.25. The number of benzene rings is 1. The van der Waals surface area contributed by atoms with Crippen molar-refractivity contribution in [3.8, 4) is 0 Å². The predicted molar refractivity (Wildman–Crippen MR) is 108 cm³/mol. The number of nitrogens with one attached hydrogen (secondary N) is 4. The Kier molecular flexibility index (Phi) is 10.7. The fourth-order valence-electron chi connectivity index (χ4n) is 2.18. The molecule has 0 unspecified atom stereocenters. The Morgan fingerprint density at radius 1 is 0.633 bits per heavy atom. The van der Waals surface area contributed by atoms with E-state index in [1.54, 1.807) is 0 Å². The van der Waals surface area contributed by atoms with Crippen molar-refractivity contribution in [2.45, 2.75) is 13.1 Å². The van der Waals surface area contributed by atoms with E-state index in [2.05, 4.69) is 44.9 Å². The van der Waals surface area contributed by atoms with Gasteiger partial charge in [-0.25, -0.2) is 9.97 Å². The average molecular weight is 416 g/mol. The Morgan fingerprint density at radius 3 is 1.23 bits per heavy atom. The van der Waals surface area contributed by atoms with Crippen molar-refractivity contribution in [3.05, 3.63) is 115 Å². The lowest BCUT2D eigenvalue weighted by molar-refractivity contribution is -0.403. The van der Waals surface area contributed by atoms with Gasteiger partial charge in [0.1, 0.15) is 13.1 Å². The van der Waals surface area contributed by atoms with Crippen LogP contribution in [0, 0.1) is 30.6 Å². The average Bonchev–Trinajstić information content (AvgIpc) is 2.72. The molecule has 0 bridgehead atoms. The quantitative estimate of drug-likeness (QED) is 0.451. The number of rotatable bonds is 6. The van der Waals surface area contributed by atoms with Crippen LogP contribution in [0.5, 0.6) is 0 Å². The van der Waals surface area contributed by atoms with Crippen molar-refractivity contribution in [2.24, 2.45) is 0 Å². The number of hydrogen-bond acceptors (Lipinski definition) is 8. The highest BCUT2D eigenvalue weighted by Crippen LogP contribution is 2.08. The maximum atomic E-state index is 8.25. The molecule has 2 aromatic heterocycles. The zero-order chi connectivity index (χ0) is 22.2. The van der Waals surface area contributed by atoms with Gasteiger partial charge in [-0.05, 0) is 23.3 Å². The van der Waals surface area contributed by atoms with Crippen molar-refractivity contribution >= 4 is 11.6 Å². The first-order valence-corrected chi connectivity index (χ1v) is 8.49. The molecule has 158 valence electrons. The summed E-state index contributed by atoms with van der Waals surface area (Å²) in [6.07, 6.45) is 3.83. The monoisotopic (exact) mass is 416 g/mol. The van der Waals surface area contributed by atoms with Crippen molar-refractivity contribution in [3.63, 3.8) is 0 Å². The maximum Gasteiger partial charge on any atom is 0.272 e. The minimum atomic E-state index is -1.75. The van der Waals surface area contributed by atoms with Crippen molar-refractivity contribution in [1.29, 1.82) is 0 Å². The van der Waals surface area contributed by atoms with E-state index in [4.69, 9.17) is 30.6 Å². The van der Waals surface area contributed by atoms with E-state index in [-0.39, 0.29) is 0 Å². The summed E-state index contributed by atoms with van der Waals surface area (Å²) in [6.45, 7) is 1.61. The molecule has 0 saturated carbocycles. The largest absolute Gasteiger partial charge is 0.356 e. The predicted octanol–water partition coefficient (Wildman–Crippen LogP) is 2.06. The molecule has 0 atom stereocenters. The van der Waals surface area contributed by atoms with Crippen LogP contribution < -0.4 is 20.6 Å². The molecule has 3 rings (SSSR count). The molecule has 0 amide bonds. The van der Waals surface area contributed by atoms with E-state index in [0.29, 0.717) is 0 Å². The zero-order valence-electron chi connectivity index (χ0n) is 15.7. The molecular weight excluding hydrogens is 396 g/mol. The standard InChI is InChI=1S/C18H18N4.2NO3/c1-3-11-19-17(5-1)21-13-15-7-9-16(10-8-15)14-22-18-6-2-4-12-20-18;2*2-1(3)4/h1-12H,13-14H2,(H,19,21)(H,20,22);;/q;2*-1/p+2. The molecule has 0 spiro atoms. The van der Waals surface area contributed by atoms with Crippen molar-refractivity contribution in [2.75, 3.05) is 10.6 Å². The molecule has 0 radical (unpaired) electrons. The molecule has 0 aliphatic carbocycles. The number of anilines is 2. The summed E-state index contributed by atoms with van der Waals surface area (Å²) in [4.78, 5) is 22.8. The molecule has 0 aliphatic rings. The second-order valence-corrected chi connectivity index (χ2v) is 5.52. The van der Waals surface area contributed by atoms with E-state index in [9.17, 15) is 0 Å². The van der Waals surface area contributed by atoms with Crippen LogP contribution in [0.2, 0.25) is 0 Å². The van der Waals surface area contributed by atoms with E-state index < -0.39 is 10.2 Å². The Balaban J connectivity index is 0.000000485. The van der Waals surface area contributed by atoms with Gasteiger partial charge in [0, 0.05) is 12.1 Å². The Labute approximate surface area is 171 Å². The third-order valence-corrected chi connectivity index (χ3v) is 3.41. The number of hydrogen-bond donors (Lipinski definition) is 2. The van der Waals surface area contributed by atoms with Crippen LogP contribution in [0.3, 0.4) is 0 Å². The minimum absolute atomic E-state index is 0.806. The zero-order valence-corrected chi connectivity index (χ0v) is 15.7. The highest BCUT2D eigenvalue weighted by atomic mass is 16.9. The van der Waals surface area contributed by atoms with E-state index in [0.717, 1.165) is 24.7 Å². The van der Waals surface area contributed by atoms with Crippen LogP contribution in [-0.2, 0) is 13.1 Å². The summed E-state index contributed by atoms with van der Waals surface area (Å²) < 4.78 is 0. The fraction of sp³-hybridized carbons (Fsp3) is 0.111. The molecule has 1 aromatic carbocycles. The van der Waals surface area contributed by atoms with Crippen LogP contribution in [0.4, 0.5) is 11.6 Å². The number of aromatic amines is 2. The molecule has 12 heteroatoms. The first-order chi connectivity index (χ1) is 14.4. The third kappa shape index (κ3) is 12.0. The smallest absolute Gasteiger partial charge is 0.272 e. The van der Waals surface area contributed by atoms with Gasteiger partial charge in [-0.1, -0.05) is 36.4 Å². The molecule has 0 aliphatic heterocycles. The van der Waals surface area contributed by atoms with Crippen LogP contribution in [0.15, 0.2) is 73.1 Å². The van der Waals surface area contributed by atoms with E-state index in [1.807, 2.05) is 48.8 Å². The molecule has 3 aromatic rings. The second-order valence-electron chi connectivity index (χ2n) is 5.52.